The Kier molecular flexibility index (Phi) is 6.16. The zero-order valence-corrected chi connectivity index (χ0v) is 12.7. The van der Waals surface area contributed by atoms with Crippen molar-refractivity contribution in [2.24, 2.45) is 5.92 Å². The van der Waals surface area contributed by atoms with Crippen molar-refractivity contribution in [3.8, 4) is 5.75 Å². The van der Waals surface area contributed by atoms with Crippen LogP contribution in [0.3, 0.4) is 0 Å². The lowest BCUT2D eigenvalue weighted by Gasteiger charge is -2.09. The number of hydrogen-bond acceptors (Lipinski definition) is 4. The number of ether oxygens (including phenoxy) is 1. The first-order chi connectivity index (χ1) is 10.2. The molecule has 0 bridgehead atoms. The molecule has 2 rings (SSSR count). The number of nitrogens with one attached hydrogen (secondary N) is 1. The Morgan fingerprint density at radius 2 is 1.90 bits per heavy atom. The predicted octanol–water partition coefficient (Wildman–Crippen LogP) is 3.19. The monoisotopic (exact) mass is 285 g/mol. The van der Waals surface area contributed by atoms with Gasteiger partial charge in [-0.15, -0.1) is 0 Å². The second kappa shape index (κ2) is 8.37. The molecule has 0 aliphatic heterocycles. The summed E-state index contributed by atoms with van der Waals surface area (Å²) in [5.74, 6) is 1.62. The Bertz CT molecular complexity index is 511. The molecule has 2 aromatic rings. The highest BCUT2D eigenvalue weighted by atomic mass is 16.5. The molecule has 0 radical (unpaired) electrons. The Morgan fingerprint density at radius 3 is 2.57 bits per heavy atom. The van der Waals surface area contributed by atoms with Crippen LogP contribution in [0, 0.1) is 5.92 Å². The fraction of sp³-hybridized carbons (Fsp3) is 0.412. The van der Waals surface area contributed by atoms with Crippen LogP contribution in [0.2, 0.25) is 0 Å². The quantitative estimate of drug-likeness (QED) is 0.809. The van der Waals surface area contributed by atoms with Crippen LogP contribution in [-0.2, 0) is 13.1 Å². The summed E-state index contributed by atoms with van der Waals surface area (Å²) in [5, 5.41) is 3.36. The average Bonchev–Trinajstić information content (AvgIpc) is 2.50. The van der Waals surface area contributed by atoms with Crippen molar-refractivity contribution in [3.05, 3.63) is 54.1 Å². The Morgan fingerprint density at radius 1 is 1.10 bits per heavy atom. The topological polar surface area (TPSA) is 47.0 Å². The second-order valence-corrected chi connectivity index (χ2v) is 5.48. The Hall–Kier alpha value is -1.94. The van der Waals surface area contributed by atoms with Crippen molar-refractivity contribution in [1.82, 2.24) is 15.3 Å². The van der Waals surface area contributed by atoms with Gasteiger partial charge in [-0.1, -0.05) is 26.0 Å². The van der Waals surface area contributed by atoms with Crippen LogP contribution in [0.25, 0.3) is 0 Å². The van der Waals surface area contributed by atoms with Gasteiger partial charge >= 0.3 is 0 Å². The molecule has 112 valence electrons. The van der Waals surface area contributed by atoms with Crippen LogP contribution in [0.5, 0.6) is 5.75 Å². The highest BCUT2D eigenvalue weighted by molar-refractivity contribution is 5.27. The summed E-state index contributed by atoms with van der Waals surface area (Å²) in [4.78, 5) is 8.08. The molecular weight excluding hydrogens is 262 g/mol. The van der Waals surface area contributed by atoms with E-state index in [-0.39, 0.29) is 0 Å². The molecular formula is C17H23N3O. The third-order valence-electron chi connectivity index (χ3n) is 3.17. The maximum atomic E-state index is 5.71. The van der Waals surface area contributed by atoms with Gasteiger partial charge in [0.15, 0.2) is 0 Å². The number of hydrogen-bond donors (Lipinski definition) is 1. The van der Waals surface area contributed by atoms with Crippen LogP contribution >= 0.6 is 0 Å². The van der Waals surface area contributed by atoms with Gasteiger partial charge in [-0.3, -0.25) is 0 Å². The molecule has 0 spiro atoms. The minimum absolute atomic E-state index is 0.676. The largest absolute Gasteiger partial charge is 0.494 e. The van der Waals surface area contributed by atoms with Crippen molar-refractivity contribution in [3.63, 3.8) is 0 Å². The van der Waals surface area contributed by atoms with E-state index in [9.17, 15) is 0 Å². The van der Waals surface area contributed by atoms with Gasteiger partial charge in [0, 0.05) is 19.3 Å². The van der Waals surface area contributed by atoms with E-state index in [1.54, 1.807) is 12.5 Å². The molecule has 0 aliphatic carbocycles. The summed E-state index contributed by atoms with van der Waals surface area (Å²) < 4.78 is 5.71. The molecule has 1 aromatic carbocycles. The fourth-order valence-electron chi connectivity index (χ4n) is 1.87. The molecule has 0 saturated heterocycles. The summed E-state index contributed by atoms with van der Waals surface area (Å²) in [6, 6.07) is 10.2. The van der Waals surface area contributed by atoms with Gasteiger partial charge in [-0.25, -0.2) is 9.97 Å². The van der Waals surface area contributed by atoms with E-state index >= 15 is 0 Å². The summed E-state index contributed by atoms with van der Waals surface area (Å²) in [6.07, 6.45) is 4.41. The molecule has 0 amide bonds. The van der Waals surface area contributed by atoms with Gasteiger partial charge in [0.25, 0.3) is 0 Å². The maximum absolute atomic E-state index is 5.71. The number of benzene rings is 1. The number of aromatic nitrogens is 2. The number of rotatable bonds is 8. The molecule has 21 heavy (non-hydrogen) atoms. The minimum atomic E-state index is 0.676. The van der Waals surface area contributed by atoms with E-state index in [4.69, 9.17) is 4.74 Å². The van der Waals surface area contributed by atoms with Gasteiger partial charge in [-0.2, -0.15) is 0 Å². The predicted molar refractivity (Wildman–Crippen MR) is 84.0 cm³/mol. The highest BCUT2D eigenvalue weighted by Gasteiger charge is 1.98. The SMILES string of the molecule is CC(C)CCOc1ccc(CNCc2ccncn2)cc1. The van der Waals surface area contributed by atoms with Crippen molar-refractivity contribution < 1.29 is 4.74 Å². The van der Waals surface area contributed by atoms with Crippen LogP contribution in [-0.4, -0.2) is 16.6 Å². The van der Waals surface area contributed by atoms with Crippen molar-refractivity contribution in [2.75, 3.05) is 6.61 Å². The molecule has 0 aliphatic rings. The van der Waals surface area contributed by atoms with E-state index in [0.717, 1.165) is 37.6 Å². The third-order valence-corrected chi connectivity index (χ3v) is 3.17. The molecule has 4 nitrogen and oxygen atoms in total. The standard InChI is InChI=1S/C17H23N3O/c1-14(2)8-10-21-17-5-3-15(4-6-17)11-19-12-16-7-9-18-13-20-16/h3-7,9,13-14,19H,8,10-12H2,1-2H3. The molecule has 0 atom stereocenters. The molecule has 1 aromatic heterocycles. The first kappa shape index (κ1) is 15.4. The lowest BCUT2D eigenvalue weighted by Crippen LogP contribution is -2.13. The van der Waals surface area contributed by atoms with Gasteiger partial charge in [0.1, 0.15) is 12.1 Å². The van der Waals surface area contributed by atoms with Crippen LogP contribution in [0.15, 0.2) is 42.9 Å². The molecule has 0 unspecified atom stereocenters. The smallest absolute Gasteiger partial charge is 0.119 e. The number of nitrogens with zero attached hydrogens (tertiary/aromatic N) is 2. The maximum Gasteiger partial charge on any atom is 0.119 e. The highest BCUT2D eigenvalue weighted by Crippen LogP contribution is 2.13. The average molecular weight is 285 g/mol. The zero-order chi connectivity index (χ0) is 14.9. The summed E-state index contributed by atoms with van der Waals surface area (Å²) in [7, 11) is 0. The molecule has 1 N–H and O–H groups in total. The van der Waals surface area contributed by atoms with E-state index in [0.29, 0.717) is 5.92 Å². The summed E-state index contributed by atoms with van der Waals surface area (Å²) in [6.45, 7) is 6.75. The van der Waals surface area contributed by atoms with Crippen LogP contribution in [0.4, 0.5) is 0 Å². The van der Waals surface area contributed by atoms with Gasteiger partial charge in [-0.05, 0) is 36.1 Å². The van der Waals surface area contributed by atoms with E-state index < -0.39 is 0 Å². The fourth-order valence-corrected chi connectivity index (χ4v) is 1.87. The molecule has 1 heterocycles. The molecule has 0 fully saturated rings. The Labute approximate surface area is 126 Å². The van der Waals surface area contributed by atoms with Gasteiger partial charge < -0.3 is 10.1 Å². The Balaban J connectivity index is 1.72. The molecule has 4 heteroatoms. The van der Waals surface area contributed by atoms with E-state index in [1.807, 2.05) is 18.2 Å². The molecule has 0 saturated carbocycles. The van der Waals surface area contributed by atoms with Crippen molar-refractivity contribution in [1.29, 1.82) is 0 Å². The van der Waals surface area contributed by atoms with Gasteiger partial charge in [0.05, 0.1) is 12.3 Å². The summed E-state index contributed by atoms with van der Waals surface area (Å²) in [5.41, 5.74) is 2.24. The first-order valence-corrected chi connectivity index (χ1v) is 7.41. The summed E-state index contributed by atoms with van der Waals surface area (Å²) >= 11 is 0. The zero-order valence-electron chi connectivity index (χ0n) is 12.7. The van der Waals surface area contributed by atoms with Crippen LogP contribution in [0.1, 0.15) is 31.5 Å². The third kappa shape index (κ3) is 5.92. The first-order valence-electron chi connectivity index (χ1n) is 7.41. The van der Waals surface area contributed by atoms with Crippen molar-refractivity contribution >= 4 is 0 Å². The lowest BCUT2D eigenvalue weighted by molar-refractivity contribution is 0.289. The lowest BCUT2D eigenvalue weighted by atomic mass is 10.1. The van der Waals surface area contributed by atoms with Gasteiger partial charge in [0.2, 0.25) is 0 Å². The van der Waals surface area contributed by atoms with E-state index in [2.05, 4.69) is 41.3 Å². The minimum Gasteiger partial charge on any atom is -0.494 e. The normalized spacial score (nSPS) is 10.8. The van der Waals surface area contributed by atoms with Crippen molar-refractivity contribution in [2.45, 2.75) is 33.4 Å². The van der Waals surface area contributed by atoms with Crippen LogP contribution < -0.4 is 10.1 Å². The van der Waals surface area contributed by atoms with E-state index in [1.165, 1.54) is 5.56 Å². The second-order valence-electron chi connectivity index (χ2n) is 5.48.